The second-order valence-electron chi connectivity index (χ2n) is 4.35. The van der Waals surface area contributed by atoms with Gasteiger partial charge in [0.2, 0.25) is 0 Å². The van der Waals surface area contributed by atoms with E-state index in [1.54, 1.807) is 13.8 Å². The average Bonchev–Trinajstić information content (AvgIpc) is 2.66. The molecule has 2 N–H and O–H groups in total. The summed E-state index contributed by atoms with van der Waals surface area (Å²) in [6, 6.07) is 5.47. The second-order valence-corrected chi connectivity index (χ2v) is 4.35. The van der Waals surface area contributed by atoms with Crippen LogP contribution in [0.25, 0.3) is 0 Å². The molecule has 8 nitrogen and oxygen atoms in total. The van der Waals surface area contributed by atoms with Crippen molar-refractivity contribution in [3.63, 3.8) is 0 Å². The summed E-state index contributed by atoms with van der Waals surface area (Å²) in [4.78, 5) is 22.1. The summed E-state index contributed by atoms with van der Waals surface area (Å²) in [6.45, 7) is 3.53. The molecule has 0 amide bonds. The summed E-state index contributed by atoms with van der Waals surface area (Å²) in [5.74, 6) is 6.78. The highest BCUT2D eigenvalue weighted by molar-refractivity contribution is 5.96. The monoisotopic (exact) mass is 276 g/mol. The second kappa shape index (κ2) is 5.08. The van der Waals surface area contributed by atoms with E-state index in [2.05, 4.69) is 5.10 Å². The van der Waals surface area contributed by atoms with Gasteiger partial charge in [0.05, 0.1) is 4.92 Å². The van der Waals surface area contributed by atoms with Crippen LogP contribution in [-0.4, -0.2) is 20.5 Å². The molecular formula is C12H14N5O3+. The Balaban J connectivity index is 2.19. The number of non-ortho nitro benzene ring substituents is 1. The van der Waals surface area contributed by atoms with E-state index in [0.717, 1.165) is 0 Å². The minimum atomic E-state index is -0.507. The predicted molar refractivity (Wildman–Crippen MR) is 69.5 cm³/mol. The quantitative estimate of drug-likeness (QED) is 0.284. The Morgan fingerprint density at radius 2 is 2.00 bits per heavy atom. The van der Waals surface area contributed by atoms with Gasteiger partial charge in [-0.25, -0.2) is 0 Å². The molecule has 2 rings (SSSR count). The van der Waals surface area contributed by atoms with Crippen LogP contribution >= 0.6 is 0 Å². The number of aryl methyl sites for hydroxylation is 1. The maximum Gasteiger partial charge on any atom is 0.295 e. The Morgan fingerprint density at radius 1 is 1.40 bits per heavy atom. The van der Waals surface area contributed by atoms with Crippen molar-refractivity contribution in [1.29, 1.82) is 0 Å². The van der Waals surface area contributed by atoms with Crippen molar-refractivity contribution in [3.8, 4) is 0 Å². The first-order valence-corrected chi connectivity index (χ1v) is 5.89. The molecule has 0 saturated carbocycles. The Hall–Kier alpha value is -2.77. The molecule has 0 atom stereocenters. The van der Waals surface area contributed by atoms with E-state index >= 15 is 0 Å². The van der Waals surface area contributed by atoms with Gasteiger partial charge >= 0.3 is 0 Å². The molecule has 0 aliphatic heterocycles. The minimum Gasteiger partial charge on any atom is -0.290 e. The zero-order valence-corrected chi connectivity index (χ0v) is 11.1. The summed E-state index contributed by atoms with van der Waals surface area (Å²) >= 11 is 0. The van der Waals surface area contributed by atoms with E-state index in [4.69, 9.17) is 5.84 Å². The third kappa shape index (κ3) is 2.48. The maximum atomic E-state index is 12.1. The number of Topliss-reactive ketones (excluding diaryl/α,β-unsaturated/α-hetero) is 1. The largest absolute Gasteiger partial charge is 0.295 e. The first kappa shape index (κ1) is 13.7. The molecule has 0 unspecified atom stereocenters. The van der Waals surface area contributed by atoms with Gasteiger partial charge in [-0.05, 0) is 12.1 Å². The first-order chi connectivity index (χ1) is 9.40. The number of carbonyl (C=O) groups excluding carboxylic acids is 1. The number of nitro benzene ring substituents is 1. The molecule has 1 aromatic carbocycles. The molecule has 2 aromatic rings. The van der Waals surface area contributed by atoms with Crippen molar-refractivity contribution in [2.24, 2.45) is 0 Å². The number of nitrogens with two attached hydrogens (primary N) is 1. The highest BCUT2D eigenvalue weighted by Crippen LogP contribution is 2.12. The van der Waals surface area contributed by atoms with Crippen LogP contribution in [0.2, 0.25) is 0 Å². The van der Waals surface area contributed by atoms with Gasteiger partial charge in [-0.1, -0.05) is 0 Å². The molecule has 0 saturated heterocycles. The minimum absolute atomic E-state index is 0.0364. The van der Waals surface area contributed by atoms with E-state index in [-0.39, 0.29) is 18.0 Å². The van der Waals surface area contributed by atoms with E-state index < -0.39 is 4.92 Å². The lowest BCUT2D eigenvalue weighted by Crippen LogP contribution is -2.48. The van der Waals surface area contributed by atoms with Crippen LogP contribution in [0, 0.1) is 24.0 Å². The Labute approximate surface area is 114 Å². The molecule has 104 valence electrons. The van der Waals surface area contributed by atoms with Gasteiger partial charge in [0.15, 0.2) is 12.3 Å². The van der Waals surface area contributed by atoms with Crippen LogP contribution in [0.4, 0.5) is 5.69 Å². The fourth-order valence-electron chi connectivity index (χ4n) is 1.80. The molecule has 0 aliphatic carbocycles. The molecule has 8 heteroatoms. The molecule has 20 heavy (non-hydrogen) atoms. The van der Waals surface area contributed by atoms with E-state index in [9.17, 15) is 14.9 Å². The Bertz CT molecular complexity index is 675. The zero-order valence-electron chi connectivity index (χ0n) is 11.1. The SMILES string of the molecule is Cc1nn(CC(=O)c2ccc([N+](=O)[O-])cc2)c(C)[n+]1N. The highest BCUT2D eigenvalue weighted by atomic mass is 16.6. The van der Waals surface area contributed by atoms with Crippen molar-refractivity contribution in [3.05, 3.63) is 51.6 Å². The smallest absolute Gasteiger partial charge is 0.290 e. The van der Waals surface area contributed by atoms with Gasteiger partial charge in [-0.15, -0.1) is 9.36 Å². The fraction of sp³-hybridized carbons (Fsp3) is 0.250. The lowest BCUT2D eigenvalue weighted by molar-refractivity contribution is -0.652. The number of nitrogens with zero attached hydrogens (tertiary/aromatic N) is 4. The number of aromatic nitrogens is 3. The first-order valence-electron chi connectivity index (χ1n) is 5.89. The topological polar surface area (TPSA) is 108 Å². The number of benzene rings is 1. The molecule has 0 spiro atoms. The third-order valence-corrected chi connectivity index (χ3v) is 3.03. The van der Waals surface area contributed by atoms with Crippen LogP contribution < -0.4 is 10.5 Å². The molecule has 0 radical (unpaired) electrons. The summed E-state index contributed by atoms with van der Waals surface area (Å²) in [5.41, 5.74) is 0.346. The van der Waals surface area contributed by atoms with Crippen LogP contribution in [0.1, 0.15) is 22.0 Å². The highest BCUT2D eigenvalue weighted by Gasteiger charge is 2.20. The molecule has 0 fully saturated rings. The van der Waals surface area contributed by atoms with E-state index in [1.165, 1.54) is 33.6 Å². The van der Waals surface area contributed by atoms with Crippen molar-refractivity contribution in [1.82, 2.24) is 9.78 Å². The summed E-state index contributed by atoms with van der Waals surface area (Å²) in [5, 5.41) is 14.7. The predicted octanol–water partition coefficient (Wildman–Crippen LogP) is 0.292. The number of hydrogen-bond donors (Lipinski definition) is 1. The van der Waals surface area contributed by atoms with E-state index in [1.807, 2.05) is 0 Å². The van der Waals surface area contributed by atoms with Gasteiger partial charge < -0.3 is 0 Å². The molecule has 0 aliphatic rings. The normalized spacial score (nSPS) is 10.5. The van der Waals surface area contributed by atoms with Crippen LogP contribution in [0.5, 0.6) is 0 Å². The number of nitrogen functional groups attached to an aromatic ring is 1. The average molecular weight is 276 g/mol. The lowest BCUT2D eigenvalue weighted by atomic mass is 10.1. The van der Waals surface area contributed by atoms with Gasteiger partial charge in [0.25, 0.3) is 17.3 Å². The fourth-order valence-corrected chi connectivity index (χ4v) is 1.80. The van der Waals surface area contributed by atoms with Crippen molar-refractivity contribution < 1.29 is 14.4 Å². The van der Waals surface area contributed by atoms with Crippen LogP contribution in [0.3, 0.4) is 0 Å². The van der Waals surface area contributed by atoms with Gasteiger partial charge in [0.1, 0.15) is 0 Å². The van der Waals surface area contributed by atoms with Crippen molar-refractivity contribution in [2.45, 2.75) is 20.4 Å². The summed E-state index contributed by atoms with van der Waals surface area (Å²) < 4.78 is 2.89. The standard InChI is InChI=1S/C12H14N5O3/c1-8-14-15(9(2)16(8)13)7-12(18)10-3-5-11(6-4-10)17(19)20/h3-6H,7,13H2,1-2H3/q+1. The number of nitro groups is 1. The summed E-state index contributed by atoms with van der Waals surface area (Å²) in [7, 11) is 0. The van der Waals surface area contributed by atoms with Gasteiger partial charge in [-0.2, -0.15) is 0 Å². The summed E-state index contributed by atoms with van der Waals surface area (Å²) in [6.07, 6.45) is 0. The third-order valence-electron chi connectivity index (χ3n) is 3.03. The molecule has 0 bridgehead atoms. The number of ketones is 1. The lowest BCUT2D eigenvalue weighted by Gasteiger charge is -1.98. The molecular weight excluding hydrogens is 262 g/mol. The van der Waals surface area contributed by atoms with Gasteiger partial charge in [0, 0.05) is 36.6 Å². The maximum absolute atomic E-state index is 12.1. The number of rotatable bonds is 4. The van der Waals surface area contributed by atoms with Crippen molar-refractivity contribution in [2.75, 3.05) is 5.84 Å². The number of hydrogen-bond acceptors (Lipinski definition) is 5. The van der Waals surface area contributed by atoms with Crippen molar-refractivity contribution >= 4 is 11.5 Å². The van der Waals surface area contributed by atoms with Crippen LogP contribution in [0.15, 0.2) is 24.3 Å². The van der Waals surface area contributed by atoms with Gasteiger partial charge in [-0.3, -0.25) is 20.8 Å². The molecule has 1 aromatic heterocycles. The number of carbonyl (C=O) groups is 1. The van der Waals surface area contributed by atoms with Crippen LogP contribution in [-0.2, 0) is 6.54 Å². The molecule has 1 heterocycles. The van der Waals surface area contributed by atoms with E-state index in [0.29, 0.717) is 17.2 Å². The Kier molecular flexibility index (Phi) is 3.47. The Morgan fingerprint density at radius 3 is 2.45 bits per heavy atom. The zero-order chi connectivity index (χ0) is 14.9.